The molecular formula is C20H30O3. The Morgan fingerprint density at radius 2 is 1.96 bits per heavy atom. The number of hydrogen-bond donors (Lipinski definition) is 1. The summed E-state index contributed by atoms with van der Waals surface area (Å²) >= 11 is 0. The van der Waals surface area contributed by atoms with Crippen LogP contribution in [0.3, 0.4) is 0 Å². The number of ether oxygens (including phenoxy) is 1. The van der Waals surface area contributed by atoms with Gasteiger partial charge in [0.25, 0.3) is 0 Å². The Hall–Kier alpha value is -1.35. The molecule has 0 amide bonds. The second kappa shape index (κ2) is 7.48. The lowest BCUT2D eigenvalue weighted by Gasteiger charge is -2.48. The van der Waals surface area contributed by atoms with Crippen molar-refractivity contribution in [3.05, 3.63) is 36.0 Å². The van der Waals surface area contributed by atoms with E-state index in [1.54, 1.807) is 6.92 Å². The van der Waals surface area contributed by atoms with E-state index in [-0.39, 0.29) is 18.0 Å². The molecule has 1 saturated carbocycles. The Morgan fingerprint density at radius 3 is 2.61 bits per heavy atom. The fraction of sp³-hybridized carbons (Fsp3) is 0.650. The summed E-state index contributed by atoms with van der Waals surface area (Å²) in [6.45, 7) is 8.32. The van der Waals surface area contributed by atoms with Crippen LogP contribution in [-0.4, -0.2) is 24.3 Å². The Morgan fingerprint density at radius 1 is 1.26 bits per heavy atom. The van der Waals surface area contributed by atoms with E-state index in [4.69, 9.17) is 4.74 Å². The Bertz CT molecular complexity index is 517. The standard InChI is InChI=1S/C20H30O3/c1-12-9-10-16-11-14(3)19(21)15(4)18(16)17(12)8-6-7-13(2)20(22)23-5/h6-10,12,14-19,21H,11H2,1-5H3/b8-6+,13-7+/t12-,14+,15-,16-,17-,18-,19-/m0/s1. The van der Waals surface area contributed by atoms with E-state index in [1.165, 1.54) is 7.11 Å². The molecule has 3 nitrogen and oxygen atoms in total. The first kappa shape index (κ1) is 18.0. The summed E-state index contributed by atoms with van der Waals surface area (Å²) in [7, 11) is 1.40. The van der Waals surface area contributed by atoms with Crippen LogP contribution in [0.4, 0.5) is 0 Å². The molecule has 1 N–H and O–H groups in total. The summed E-state index contributed by atoms with van der Waals surface area (Å²) in [5.74, 6) is 2.20. The van der Waals surface area contributed by atoms with E-state index in [2.05, 4.69) is 39.0 Å². The maximum absolute atomic E-state index is 11.4. The van der Waals surface area contributed by atoms with E-state index in [9.17, 15) is 9.90 Å². The summed E-state index contributed by atoms with van der Waals surface area (Å²) in [4.78, 5) is 11.4. The second-order valence-electron chi connectivity index (χ2n) is 7.35. The number of carbonyl (C=O) groups excluding carboxylic acids is 1. The topological polar surface area (TPSA) is 46.5 Å². The van der Waals surface area contributed by atoms with Crippen molar-refractivity contribution in [1.82, 2.24) is 0 Å². The fourth-order valence-corrected chi connectivity index (χ4v) is 4.36. The van der Waals surface area contributed by atoms with Gasteiger partial charge in [-0.25, -0.2) is 4.79 Å². The van der Waals surface area contributed by atoms with Gasteiger partial charge in [0.2, 0.25) is 0 Å². The van der Waals surface area contributed by atoms with E-state index in [1.807, 2.05) is 12.2 Å². The first-order chi connectivity index (χ1) is 10.9. The minimum Gasteiger partial charge on any atom is -0.466 e. The molecule has 0 aromatic rings. The first-order valence-corrected chi connectivity index (χ1v) is 8.66. The molecule has 0 aromatic carbocycles. The minimum absolute atomic E-state index is 0.224. The van der Waals surface area contributed by atoms with Gasteiger partial charge >= 0.3 is 5.97 Å². The molecule has 0 aliphatic heterocycles. The average molecular weight is 318 g/mol. The third-order valence-electron chi connectivity index (χ3n) is 5.77. The van der Waals surface area contributed by atoms with Crippen molar-refractivity contribution in [2.75, 3.05) is 7.11 Å². The fourth-order valence-electron chi connectivity index (χ4n) is 4.36. The van der Waals surface area contributed by atoms with Crippen molar-refractivity contribution in [2.24, 2.45) is 35.5 Å². The summed E-state index contributed by atoms with van der Waals surface area (Å²) < 4.78 is 4.72. The average Bonchev–Trinajstić information content (AvgIpc) is 2.54. The highest BCUT2D eigenvalue weighted by molar-refractivity contribution is 5.87. The zero-order valence-corrected chi connectivity index (χ0v) is 14.9. The molecule has 0 bridgehead atoms. The lowest BCUT2D eigenvalue weighted by Crippen LogP contribution is -2.46. The first-order valence-electron chi connectivity index (χ1n) is 8.66. The van der Waals surface area contributed by atoms with Crippen molar-refractivity contribution in [3.8, 4) is 0 Å². The lowest BCUT2D eigenvalue weighted by atomic mass is 9.58. The highest BCUT2D eigenvalue weighted by atomic mass is 16.5. The van der Waals surface area contributed by atoms with Crippen molar-refractivity contribution in [2.45, 2.75) is 40.2 Å². The molecule has 7 atom stereocenters. The van der Waals surface area contributed by atoms with Crippen LogP contribution in [0.1, 0.15) is 34.1 Å². The predicted molar refractivity (Wildman–Crippen MR) is 92.6 cm³/mol. The summed E-state index contributed by atoms with van der Waals surface area (Å²) in [6, 6.07) is 0. The maximum Gasteiger partial charge on any atom is 0.333 e. The van der Waals surface area contributed by atoms with Crippen molar-refractivity contribution < 1.29 is 14.6 Å². The van der Waals surface area contributed by atoms with Crippen LogP contribution in [0.15, 0.2) is 36.0 Å². The number of aliphatic hydroxyl groups excluding tert-OH is 1. The third-order valence-corrected chi connectivity index (χ3v) is 5.77. The Labute approximate surface area is 140 Å². The number of esters is 1. The largest absolute Gasteiger partial charge is 0.466 e. The quantitative estimate of drug-likeness (QED) is 0.373. The Balaban J connectivity index is 2.19. The zero-order valence-electron chi connectivity index (χ0n) is 14.9. The van der Waals surface area contributed by atoms with E-state index < -0.39 is 0 Å². The molecule has 0 radical (unpaired) electrons. The number of aliphatic hydroxyl groups is 1. The van der Waals surface area contributed by atoms with Crippen molar-refractivity contribution in [1.29, 1.82) is 0 Å². The summed E-state index contributed by atoms with van der Waals surface area (Å²) in [5.41, 5.74) is 0.602. The zero-order chi connectivity index (χ0) is 17.1. The van der Waals surface area contributed by atoms with Crippen LogP contribution in [0.5, 0.6) is 0 Å². The van der Waals surface area contributed by atoms with Crippen LogP contribution in [0.25, 0.3) is 0 Å². The molecule has 0 aromatic heterocycles. The number of rotatable bonds is 3. The number of hydrogen-bond acceptors (Lipinski definition) is 3. The molecule has 0 heterocycles. The lowest BCUT2D eigenvalue weighted by molar-refractivity contribution is -0.136. The molecular weight excluding hydrogens is 288 g/mol. The van der Waals surface area contributed by atoms with Crippen LogP contribution < -0.4 is 0 Å². The van der Waals surface area contributed by atoms with Crippen LogP contribution in [0.2, 0.25) is 0 Å². The third kappa shape index (κ3) is 3.77. The number of methoxy groups -OCH3 is 1. The van der Waals surface area contributed by atoms with E-state index in [0.717, 1.165) is 6.42 Å². The van der Waals surface area contributed by atoms with Gasteiger partial charge < -0.3 is 9.84 Å². The van der Waals surface area contributed by atoms with Gasteiger partial charge in [0, 0.05) is 5.57 Å². The van der Waals surface area contributed by atoms with Crippen LogP contribution in [0, 0.1) is 35.5 Å². The normalized spacial score (nSPS) is 41.0. The van der Waals surface area contributed by atoms with Gasteiger partial charge in [-0.2, -0.15) is 0 Å². The molecule has 0 unspecified atom stereocenters. The maximum atomic E-state index is 11.4. The van der Waals surface area contributed by atoms with E-state index >= 15 is 0 Å². The van der Waals surface area contributed by atoms with Gasteiger partial charge in [-0.1, -0.05) is 51.2 Å². The molecule has 2 aliphatic rings. The highest BCUT2D eigenvalue weighted by Crippen LogP contribution is 2.48. The van der Waals surface area contributed by atoms with Gasteiger partial charge in [-0.3, -0.25) is 0 Å². The number of fused-ring (bicyclic) bond motifs is 1. The van der Waals surface area contributed by atoms with Gasteiger partial charge in [-0.15, -0.1) is 0 Å². The Kier molecular flexibility index (Phi) is 5.85. The van der Waals surface area contributed by atoms with Crippen LogP contribution >= 0.6 is 0 Å². The molecule has 0 saturated heterocycles. The summed E-state index contributed by atoms with van der Waals surface area (Å²) in [5, 5.41) is 10.5. The second-order valence-corrected chi connectivity index (χ2v) is 7.35. The highest BCUT2D eigenvalue weighted by Gasteiger charge is 2.44. The van der Waals surface area contributed by atoms with Gasteiger partial charge in [-0.05, 0) is 48.9 Å². The molecule has 0 spiro atoms. The number of carbonyl (C=O) groups is 1. The molecule has 3 heteroatoms. The van der Waals surface area contributed by atoms with Crippen molar-refractivity contribution in [3.63, 3.8) is 0 Å². The molecule has 2 rings (SSSR count). The molecule has 2 aliphatic carbocycles. The SMILES string of the molecule is COC(=O)/C(C)=C/C=C/[C@@H]1[C@H]2[C@H](C)[C@@H](O)[C@H](C)C[C@@H]2C=C[C@@H]1C. The van der Waals surface area contributed by atoms with Crippen LogP contribution in [-0.2, 0) is 9.53 Å². The van der Waals surface area contributed by atoms with Gasteiger partial charge in [0.1, 0.15) is 0 Å². The monoisotopic (exact) mass is 318 g/mol. The summed E-state index contributed by atoms with van der Waals surface area (Å²) in [6.07, 6.45) is 11.5. The van der Waals surface area contributed by atoms with Crippen molar-refractivity contribution >= 4 is 5.97 Å². The van der Waals surface area contributed by atoms with Gasteiger partial charge in [0.15, 0.2) is 0 Å². The molecule has 23 heavy (non-hydrogen) atoms. The molecule has 128 valence electrons. The minimum atomic E-state index is -0.292. The smallest absolute Gasteiger partial charge is 0.333 e. The van der Waals surface area contributed by atoms with Gasteiger partial charge in [0.05, 0.1) is 13.2 Å². The number of allylic oxidation sites excluding steroid dienone is 5. The predicted octanol–water partition coefficient (Wildman–Crippen LogP) is 3.75. The van der Waals surface area contributed by atoms with E-state index in [0.29, 0.717) is 35.2 Å². The molecule has 1 fully saturated rings.